The highest BCUT2D eigenvalue weighted by Gasteiger charge is 2.12. The minimum atomic E-state index is 0.316. The molecule has 0 radical (unpaired) electrons. The molecule has 1 aromatic carbocycles. The average molecular weight is 277 g/mol. The first-order chi connectivity index (χ1) is 8.93. The van der Waals surface area contributed by atoms with Crippen molar-refractivity contribution in [3.05, 3.63) is 39.7 Å². The van der Waals surface area contributed by atoms with Crippen LogP contribution in [0.1, 0.15) is 29.3 Å². The van der Waals surface area contributed by atoms with Crippen LogP contribution in [0.2, 0.25) is 5.15 Å². The van der Waals surface area contributed by atoms with Crippen molar-refractivity contribution in [2.45, 2.75) is 34.1 Å². The molecular weight excluding hydrogens is 260 g/mol. The standard InChI is InChI=1S/C15H17ClN2O/c1-5-12-10(4)17-15(18-14(12)16)11-6-8(2)13(19)9(3)7-11/h6-7,19H,5H2,1-4H3. The van der Waals surface area contributed by atoms with E-state index >= 15 is 0 Å². The van der Waals surface area contributed by atoms with Gasteiger partial charge in [-0.05, 0) is 50.5 Å². The number of halogens is 1. The summed E-state index contributed by atoms with van der Waals surface area (Å²) in [7, 11) is 0. The minimum Gasteiger partial charge on any atom is -0.507 e. The molecule has 0 amide bonds. The Hall–Kier alpha value is -1.61. The van der Waals surface area contributed by atoms with Crippen molar-refractivity contribution in [2.24, 2.45) is 0 Å². The summed E-state index contributed by atoms with van der Waals surface area (Å²) < 4.78 is 0. The lowest BCUT2D eigenvalue weighted by Gasteiger charge is -2.10. The molecule has 100 valence electrons. The number of aromatic nitrogens is 2. The third-order valence-electron chi connectivity index (χ3n) is 3.27. The van der Waals surface area contributed by atoms with Crippen LogP contribution in [0.15, 0.2) is 12.1 Å². The first kappa shape index (κ1) is 13.8. The number of phenolic OH excluding ortho intramolecular Hbond substituents is 1. The molecule has 2 rings (SSSR count). The minimum absolute atomic E-state index is 0.316. The molecule has 0 fully saturated rings. The van der Waals surface area contributed by atoms with Gasteiger partial charge in [0.25, 0.3) is 0 Å². The van der Waals surface area contributed by atoms with Gasteiger partial charge in [-0.2, -0.15) is 0 Å². The highest BCUT2D eigenvalue weighted by Crippen LogP contribution is 2.29. The number of nitrogens with zero attached hydrogens (tertiary/aromatic N) is 2. The van der Waals surface area contributed by atoms with Crippen LogP contribution in [-0.4, -0.2) is 15.1 Å². The van der Waals surface area contributed by atoms with Crippen LogP contribution in [0, 0.1) is 20.8 Å². The fraction of sp³-hybridized carbons (Fsp3) is 0.333. The Morgan fingerprint density at radius 3 is 2.16 bits per heavy atom. The molecule has 2 aromatic rings. The maximum atomic E-state index is 9.80. The van der Waals surface area contributed by atoms with Gasteiger partial charge < -0.3 is 5.11 Å². The number of rotatable bonds is 2. The Kier molecular flexibility index (Phi) is 3.76. The second kappa shape index (κ2) is 5.17. The van der Waals surface area contributed by atoms with Crippen molar-refractivity contribution >= 4 is 11.6 Å². The first-order valence-electron chi connectivity index (χ1n) is 6.27. The first-order valence-corrected chi connectivity index (χ1v) is 6.65. The molecule has 0 saturated carbocycles. The fourth-order valence-corrected chi connectivity index (χ4v) is 2.53. The fourth-order valence-electron chi connectivity index (χ4n) is 2.18. The van der Waals surface area contributed by atoms with Gasteiger partial charge in [0.15, 0.2) is 5.82 Å². The van der Waals surface area contributed by atoms with E-state index in [4.69, 9.17) is 11.6 Å². The Morgan fingerprint density at radius 1 is 1.11 bits per heavy atom. The molecule has 3 nitrogen and oxygen atoms in total. The largest absolute Gasteiger partial charge is 0.507 e. The van der Waals surface area contributed by atoms with Crippen molar-refractivity contribution in [3.8, 4) is 17.1 Å². The molecule has 0 unspecified atom stereocenters. The highest BCUT2D eigenvalue weighted by atomic mass is 35.5. The van der Waals surface area contributed by atoms with Crippen molar-refractivity contribution in [3.63, 3.8) is 0 Å². The van der Waals surface area contributed by atoms with Gasteiger partial charge in [0.2, 0.25) is 0 Å². The third kappa shape index (κ3) is 2.56. The molecule has 0 aliphatic rings. The molecule has 0 aliphatic carbocycles. The predicted molar refractivity (Wildman–Crippen MR) is 77.7 cm³/mol. The molecule has 0 atom stereocenters. The van der Waals surface area contributed by atoms with Crippen molar-refractivity contribution < 1.29 is 5.11 Å². The van der Waals surface area contributed by atoms with E-state index < -0.39 is 0 Å². The topological polar surface area (TPSA) is 46.0 Å². The molecule has 0 aliphatic heterocycles. The SMILES string of the molecule is CCc1c(C)nc(-c2cc(C)c(O)c(C)c2)nc1Cl. The zero-order valence-corrected chi connectivity index (χ0v) is 12.3. The van der Waals surface area contributed by atoms with Crippen molar-refractivity contribution in [1.29, 1.82) is 0 Å². The molecule has 19 heavy (non-hydrogen) atoms. The number of phenols is 1. The maximum Gasteiger partial charge on any atom is 0.161 e. The smallest absolute Gasteiger partial charge is 0.161 e. The molecule has 0 spiro atoms. The Labute approximate surface area is 118 Å². The molecule has 1 N–H and O–H groups in total. The summed E-state index contributed by atoms with van der Waals surface area (Å²) in [6.45, 7) is 7.70. The van der Waals surface area contributed by atoms with Crippen LogP contribution in [0.5, 0.6) is 5.75 Å². The number of hydrogen-bond acceptors (Lipinski definition) is 3. The summed E-state index contributed by atoms with van der Waals surface area (Å²) >= 11 is 6.20. The summed E-state index contributed by atoms with van der Waals surface area (Å²) in [5, 5.41) is 10.3. The second-order valence-electron chi connectivity index (χ2n) is 4.71. The second-order valence-corrected chi connectivity index (χ2v) is 5.07. The van der Waals surface area contributed by atoms with Gasteiger partial charge in [-0.3, -0.25) is 0 Å². The van der Waals surface area contributed by atoms with Gasteiger partial charge in [-0.15, -0.1) is 0 Å². The van der Waals surface area contributed by atoms with Gasteiger partial charge in [0.05, 0.1) is 0 Å². The number of benzene rings is 1. The Balaban J connectivity index is 2.60. The van der Waals surface area contributed by atoms with E-state index in [9.17, 15) is 5.11 Å². The van der Waals surface area contributed by atoms with Crippen LogP contribution in [-0.2, 0) is 6.42 Å². The third-order valence-corrected chi connectivity index (χ3v) is 3.58. The van der Waals surface area contributed by atoms with Gasteiger partial charge in [0, 0.05) is 16.8 Å². The molecule has 4 heteroatoms. The number of aryl methyl sites for hydroxylation is 3. The van der Waals surface area contributed by atoms with Crippen LogP contribution < -0.4 is 0 Å². The van der Waals surface area contributed by atoms with E-state index in [0.717, 1.165) is 34.4 Å². The lowest BCUT2D eigenvalue weighted by molar-refractivity contribution is 0.467. The monoisotopic (exact) mass is 276 g/mol. The zero-order chi connectivity index (χ0) is 14.2. The van der Waals surface area contributed by atoms with Gasteiger partial charge in [0.1, 0.15) is 10.9 Å². The van der Waals surface area contributed by atoms with E-state index in [1.54, 1.807) is 0 Å². The molecule has 0 saturated heterocycles. The van der Waals surface area contributed by atoms with Crippen molar-refractivity contribution in [2.75, 3.05) is 0 Å². The lowest BCUT2D eigenvalue weighted by Crippen LogP contribution is -1.99. The van der Waals surface area contributed by atoms with Crippen LogP contribution in [0.25, 0.3) is 11.4 Å². The van der Waals surface area contributed by atoms with Crippen LogP contribution in [0.4, 0.5) is 0 Å². The van der Waals surface area contributed by atoms with E-state index in [2.05, 4.69) is 9.97 Å². The van der Waals surface area contributed by atoms with Crippen LogP contribution in [0.3, 0.4) is 0 Å². The van der Waals surface area contributed by atoms with Crippen molar-refractivity contribution in [1.82, 2.24) is 9.97 Å². The maximum absolute atomic E-state index is 9.80. The Morgan fingerprint density at radius 2 is 1.68 bits per heavy atom. The molecule has 1 aromatic heterocycles. The lowest BCUT2D eigenvalue weighted by atomic mass is 10.0. The predicted octanol–water partition coefficient (Wildman–Crippen LogP) is 3.99. The average Bonchev–Trinajstić information content (AvgIpc) is 2.35. The van der Waals surface area contributed by atoms with Crippen LogP contribution >= 0.6 is 11.6 Å². The highest BCUT2D eigenvalue weighted by molar-refractivity contribution is 6.30. The summed E-state index contributed by atoms with van der Waals surface area (Å²) in [5.74, 6) is 0.919. The van der Waals surface area contributed by atoms with E-state index in [0.29, 0.717) is 16.7 Å². The quantitative estimate of drug-likeness (QED) is 0.844. The number of hydrogen-bond donors (Lipinski definition) is 1. The van der Waals surface area contributed by atoms with E-state index in [1.807, 2.05) is 39.8 Å². The summed E-state index contributed by atoms with van der Waals surface area (Å²) in [5.41, 5.74) is 4.39. The van der Waals surface area contributed by atoms with Gasteiger partial charge in [-0.1, -0.05) is 18.5 Å². The molecule has 1 heterocycles. The summed E-state index contributed by atoms with van der Waals surface area (Å²) in [6, 6.07) is 3.75. The normalized spacial score (nSPS) is 10.8. The van der Waals surface area contributed by atoms with Gasteiger partial charge >= 0.3 is 0 Å². The summed E-state index contributed by atoms with van der Waals surface area (Å²) in [4.78, 5) is 8.87. The molecular formula is C15H17ClN2O. The van der Waals surface area contributed by atoms with E-state index in [-0.39, 0.29) is 0 Å². The Bertz CT molecular complexity index is 592. The number of aromatic hydroxyl groups is 1. The van der Waals surface area contributed by atoms with Gasteiger partial charge in [-0.25, -0.2) is 9.97 Å². The zero-order valence-electron chi connectivity index (χ0n) is 11.6. The van der Waals surface area contributed by atoms with E-state index in [1.165, 1.54) is 0 Å². The molecule has 0 bridgehead atoms. The summed E-state index contributed by atoms with van der Waals surface area (Å²) in [6.07, 6.45) is 0.818.